The van der Waals surface area contributed by atoms with Gasteiger partial charge >= 0.3 is 12.1 Å². The van der Waals surface area contributed by atoms with Gasteiger partial charge in [-0.25, -0.2) is 4.79 Å². The molecule has 8 nitrogen and oxygen atoms in total. The highest BCUT2D eigenvalue weighted by molar-refractivity contribution is 5.86. The first-order valence-corrected chi connectivity index (χ1v) is 12.8. The van der Waals surface area contributed by atoms with Crippen molar-refractivity contribution < 1.29 is 29.3 Å². The molecule has 2 aromatic rings. The number of rotatable bonds is 11. The maximum Gasteiger partial charge on any atom is 0.407 e. The van der Waals surface area contributed by atoms with Crippen molar-refractivity contribution in [3.05, 3.63) is 59.7 Å². The number of hydrogen-bond donors (Lipinski definition) is 3. The summed E-state index contributed by atoms with van der Waals surface area (Å²) in [7, 11) is 1.54. The van der Waals surface area contributed by atoms with Crippen molar-refractivity contribution >= 4 is 18.0 Å². The number of carboxylic acid groups (broad SMARTS) is 1. The lowest BCUT2D eigenvalue weighted by Gasteiger charge is -2.38. The fourth-order valence-electron chi connectivity index (χ4n) is 5.21. The predicted molar refractivity (Wildman–Crippen MR) is 141 cm³/mol. The Morgan fingerprint density at radius 2 is 1.54 bits per heavy atom. The number of benzene rings is 2. The second-order valence-corrected chi connectivity index (χ2v) is 10.2. The minimum Gasteiger partial charge on any atom is -0.481 e. The van der Waals surface area contributed by atoms with Crippen LogP contribution in [0, 0.1) is 11.8 Å². The van der Waals surface area contributed by atoms with E-state index in [0.717, 1.165) is 22.3 Å². The molecule has 0 unspecified atom stereocenters. The lowest BCUT2D eigenvalue weighted by molar-refractivity contribution is -0.145. The zero-order valence-electron chi connectivity index (χ0n) is 22.2. The van der Waals surface area contributed by atoms with E-state index in [2.05, 4.69) is 17.4 Å². The third kappa shape index (κ3) is 6.31. The fraction of sp³-hybridized carbons (Fsp3) is 0.483. The Morgan fingerprint density at radius 3 is 2.03 bits per heavy atom. The molecule has 0 aliphatic heterocycles. The number of carbonyl (C=O) groups excluding carboxylic acids is 2. The first-order valence-electron chi connectivity index (χ1n) is 12.8. The van der Waals surface area contributed by atoms with Crippen LogP contribution in [0.3, 0.4) is 0 Å². The molecule has 2 amide bonds. The molecular weight excluding hydrogens is 472 g/mol. The number of aliphatic hydroxyl groups is 1. The molecule has 2 aromatic carbocycles. The molecule has 0 bridgehead atoms. The summed E-state index contributed by atoms with van der Waals surface area (Å²) in [5.41, 5.74) is 4.44. The fourth-order valence-corrected chi connectivity index (χ4v) is 5.21. The van der Waals surface area contributed by atoms with Gasteiger partial charge in [-0.3, -0.25) is 9.59 Å². The van der Waals surface area contributed by atoms with E-state index in [4.69, 9.17) is 9.84 Å². The number of hydrogen-bond acceptors (Lipinski definition) is 5. The second kappa shape index (κ2) is 12.2. The van der Waals surface area contributed by atoms with Crippen LogP contribution in [0.15, 0.2) is 48.5 Å². The predicted octanol–water partition coefficient (Wildman–Crippen LogP) is 4.26. The van der Waals surface area contributed by atoms with Gasteiger partial charge < -0.3 is 25.2 Å². The summed E-state index contributed by atoms with van der Waals surface area (Å²) >= 11 is 0. The van der Waals surface area contributed by atoms with Crippen molar-refractivity contribution in [1.29, 1.82) is 0 Å². The molecule has 4 atom stereocenters. The highest BCUT2D eigenvalue weighted by atomic mass is 16.5. The van der Waals surface area contributed by atoms with Crippen LogP contribution in [0.2, 0.25) is 0 Å². The van der Waals surface area contributed by atoms with Gasteiger partial charge in [0.1, 0.15) is 12.6 Å². The van der Waals surface area contributed by atoms with Crippen molar-refractivity contribution in [2.45, 2.75) is 64.6 Å². The third-order valence-corrected chi connectivity index (χ3v) is 7.35. The summed E-state index contributed by atoms with van der Waals surface area (Å²) in [6.07, 6.45) is -1.76. The Hall–Kier alpha value is -3.39. The van der Waals surface area contributed by atoms with Crippen molar-refractivity contribution in [2.75, 3.05) is 13.7 Å². The van der Waals surface area contributed by atoms with Crippen LogP contribution in [0.1, 0.15) is 57.6 Å². The smallest absolute Gasteiger partial charge is 0.407 e. The maximum absolute atomic E-state index is 13.5. The molecule has 37 heavy (non-hydrogen) atoms. The molecule has 200 valence electrons. The number of aliphatic hydroxyl groups excluding tert-OH is 1. The van der Waals surface area contributed by atoms with Crippen molar-refractivity contribution in [2.24, 2.45) is 11.8 Å². The van der Waals surface area contributed by atoms with Gasteiger partial charge in [-0.05, 0) is 34.1 Å². The average Bonchev–Trinajstić information content (AvgIpc) is 3.18. The average molecular weight is 511 g/mol. The quantitative estimate of drug-likeness (QED) is 0.416. The number of amides is 2. The molecule has 0 aromatic heterocycles. The number of aliphatic carboxylic acids is 1. The molecule has 0 radical (unpaired) electrons. The topological polar surface area (TPSA) is 116 Å². The van der Waals surface area contributed by atoms with E-state index in [1.54, 1.807) is 7.05 Å². The van der Waals surface area contributed by atoms with E-state index in [0.29, 0.717) is 6.42 Å². The van der Waals surface area contributed by atoms with Gasteiger partial charge in [-0.15, -0.1) is 0 Å². The van der Waals surface area contributed by atoms with E-state index >= 15 is 0 Å². The van der Waals surface area contributed by atoms with Gasteiger partial charge in [0, 0.05) is 13.0 Å². The van der Waals surface area contributed by atoms with Gasteiger partial charge in [0.05, 0.1) is 18.6 Å². The van der Waals surface area contributed by atoms with Crippen LogP contribution in [0.5, 0.6) is 0 Å². The van der Waals surface area contributed by atoms with Crippen LogP contribution >= 0.6 is 0 Å². The molecule has 1 aliphatic rings. The van der Waals surface area contributed by atoms with Gasteiger partial charge in [0.25, 0.3) is 0 Å². The lowest BCUT2D eigenvalue weighted by atomic mass is 9.90. The Balaban J connectivity index is 1.71. The van der Waals surface area contributed by atoms with Crippen molar-refractivity contribution in [1.82, 2.24) is 10.2 Å². The molecule has 8 heteroatoms. The van der Waals surface area contributed by atoms with Crippen LogP contribution in [0.4, 0.5) is 4.79 Å². The molecule has 0 heterocycles. The number of carbonyl (C=O) groups is 3. The van der Waals surface area contributed by atoms with Gasteiger partial charge in [-0.2, -0.15) is 0 Å². The summed E-state index contributed by atoms with van der Waals surface area (Å²) in [6.45, 7) is 7.53. The molecule has 3 N–H and O–H groups in total. The number of carboxylic acids is 1. The Morgan fingerprint density at radius 1 is 1.00 bits per heavy atom. The highest BCUT2D eigenvalue weighted by Gasteiger charge is 2.37. The standard InChI is InChI=1S/C29H38N2O6/c1-6-18(4)27(24(32)15-25(33)34)31(5)28(35)26(17(2)3)30-29(36)37-16-23-21-13-9-7-11-19(21)20-12-8-10-14-22(20)23/h7-14,17-18,23-24,26-27,32H,6,15-16H2,1-5H3,(H,30,36)(H,33,34)/t18-,24+,26-,27-/m0/s1. The molecule has 0 spiro atoms. The zero-order chi connectivity index (χ0) is 27.3. The first-order chi connectivity index (χ1) is 17.6. The van der Waals surface area contributed by atoms with E-state index in [1.807, 2.05) is 64.1 Å². The Labute approximate surface area is 218 Å². The second-order valence-electron chi connectivity index (χ2n) is 10.2. The number of nitrogens with zero attached hydrogens (tertiary/aromatic N) is 1. The minimum atomic E-state index is -1.23. The van der Waals surface area contributed by atoms with Crippen LogP contribution in [-0.4, -0.2) is 64.9 Å². The Bertz CT molecular complexity index is 1070. The van der Waals surface area contributed by atoms with Gasteiger partial charge in [-0.1, -0.05) is 82.6 Å². The summed E-state index contributed by atoms with van der Waals surface area (Å²) < 4.78 is 5.63. The van der Waals surface area contributed by atoms with E-state index < -0.39 is 42.6 Å². The number of fused-ring (bicyclic) bond motifs is 3. The van der Waals surface area contributed by atoms with Crippen LogP contribution < -0.4 is 5.32 Å². The van der Waals surface area contributed by atoms with Gasteiger partial charge in [0.15, 0.2) is 0 Å². The number of nitrogens with one attached hydrogen (secondary N) is 1. The van der Waals surface area contributed by atoms with Crippen LogP contribution in [-0.2, 0) is 14.3 Å². The third-order valence-electron chi connectivity index (χ3n) is 7.35. The first kappa shape index (κ1) is 28.2. The van der Waals surface area contributed by atoms with Crippen molar-refractivity contribution in [3.63, 3.8) is 0 Å². The number of ether oxygens (including phenoxy) is 1. The summed E-state index contributed by atoms with van der Waals surface area (Å²) in [5.74, 6) is -2.05. The maximum atomic E-state index is 13.5. The minimum absolute atomic E-state index is 0.102. The summed E-state index contributed by atoms with van der Waals surface area (Å²) in [4.78, 5) is 38.9. The highest BCUT2D eigenvalue weighted by Crippen LogP contribution is 2.44. The molecule has 1 aliphatic carbocycles. The zero-order valence-corrected chi connectivity index (χ0v) is 22.2. The SMILES string of the molecule is CC[C@H](C)[C@@H]([C@H](O)CC(=O)O)N(C)C(=O)[C@@H](NC(=O)OCC1c2ccccc2-c2ccccc21)C(C)C. The monoisotopic (exact) mass is 510 g/mol. The van der Waals surface area contributed by atoms with E-state index in [1.165, 1.54) is 4.90 Å². The van der Waals surface area contributed by atoms with Gasteiger partial charge in [0.2, 0.25) is 5.91 Å². The van der Waals surface area contributed by atoms with E-state index in [9.17, 15) is 19.5 Å². The lowest BCUT2D eigenvalue weighted by Crippen LogP contribution is -2.57. The Kier molecular flexibility index (Phi) is 9.32. The largest absolute Gasteiger partial charge is 0.481 e. The molecule has 3 rings (SSSR count). The molecule has 0 saturated carbocycles. The summed E-state index contributed by atoms with van der Waals surface area (Å²) in [6, 6.07) is 14.5. The molecule has 0 fully saturated rings. The van der Waals surface area contributed by atoms with E-state index in [-0.39, 0.29) is 24.4 Å². The number of likely N-dealkylation sites (N-methyl/N-ethyl adjacent to an activating group) is 1. The van der Waals surface area contributed by atoms with Crippen LogP contribution in [0.25, 0.3) is 11.1 Å². The van der Waals surface area contributed by atoms with Crippen molar-refractivity contribution in [3.8, 4) is 11.1 Å². The normalized spacial score (nSPS) is 15.8. The molecular formula is C29H38N2O6. The molecule has 0 saturated heterocycles. The summed E-state index contributed by atoms with van der Waals surface area (Å²) in [5, 5.41) is 22.5. The number of alkyl carbamates (subject to hydrolysis) is 1.